The number of aliphatic hydroxyl groups is 1. The standard InChI is InChI=1S/C24H36FO9P.2K/c1-20(2)33-19-10-16-15-6-5-13-9-14(26)7-8-21(13,3)23(15,25)17(27)11-22(16,4)24(19,34-20)18(28)12-32-35(29,30)31;;/h13,15-17,19,27H,5-12H2,1-4H3,(H2,29,30,31);;/q;2*+1/p-2/t13-,15-,16-,17-,19+,21-,22-,23-,24+;;/m0../s1. The molecule has 0 amide bonds. The van der Waals surface area contributed by atoms with Crippen LogP contribution >= 0.6 is 7.82 Å². The molecule has 1 N–H and O–H groups in total. The zero-order valence-electron chi connectivity index (χ0n) is 22.6. The van der Waals surface area contributed by atoms with Crippen molar-refractivity contribution in [1.82, 2.24) is 0 Å². The molecule has 198 valence electrons. The Morgan fingerprint density at radius 1 is 1.16 bits per heavy atom. The molecule has 5 fully saturated rings. The van der Waals surface area contributed by atoms with E-state index in [0.717, 1.165) is 0 Å². The molecular weight excluding hydrogens is 560 g/mol. The van der Waals surface area contributed by atoms with E-state index in [1.165, 1.54) is 0 Å². The second kappa shape index (κ2) is 10.9. The maximum absolute atomic E-state index is 17.4. The van der Waals surface area contributed by atoms with Crippen molar-refractivity contribution < 1.29 is 150 Å². The van der Waals surface area contributed by atoms with Crippen molar-refractivity contribution in [3.63, 3.8) is 0 Å². The number of phosphoric ester groups is 1. The Morgan fingerprint density at radius 3 is 2.43 bits per heavy atom. The Labute approximate surface area is 302 Å². The van der Waals surface area contributed by atoms with Crippen molar-refractivity contribution in [2.24, 2.45) is 28.6 Å². The van der Waals surface area contributed by atoms with Crippen molar-refractivity contribution in [3.8, 4) is 0 Å². The maximum atomic E-state index is 17.4. The summed E-state index contributed by atoms with van der Waals surface area (Å²) in [6.07, 6.45) is 0.0307. The Balaban J connectivity index is 0.00000190. The molecule has 5 aliphatic rings. The van der Waals surface area contributed by atoms with Crippen LogP contribution in [0.5, 0.6) is 0 Å². The van der Waals surface area contributed by atoms with Crippen molar-refractivity contribution >= 4 is 19.4 Å². The van der Waals surface area contributed by atoms with Gasteiger partial charge < -0.3 is 33.5 Å². The molecule has 0 aromatic carbocycles. The van der Waals surface area contributed by atoms with Crippen molar-refractivity contribution in [2.45, 2.75) is 102 Å². The van der Waals surface area contributed by atoms with E-state index in [-0.39, 0.29) is 127 Å². The van der Waals surface area contributed by atoms with Gasteiger partial charge in [-0.3, -0.25) is 9.59 Å². The third-order valence-corrected chi connectivity index (χ3v) is 10.8. The number of phosphoric acid groups is 1. The van der Waals surface area contributed by atoms with Gasteiger partial charge in [-0.1, -0.05) is 13.8 Å². The summed E-state index contributed by atoms with van der Waals surface area (Å²) in [5.74, 6) is -2.96. The van der Waals surface area contributed by atoms with Gasteiger partial charge in [0.2, 0.25) is 0 Å². The molecule has 1 aliphatic heterocycles. The summed E-state index contributed by atoms with van der Waals surface area (Å²) in [6, 6.07) is 0. The molecule has 9 atom stereocenters. The first-order chi connectivity index (χ1) is 16.0. The number of hydrogen-bond donors (Lipinski definition) is 1. The van der Waals surface area contributed by atoms with Gasteiger partial charge in [0.25, 0.3) is 0 Å². The second-order valence-electron chi connectivity index (χ2n) is 12.3. The minimum absolute atomic E-state index is 0. The van der Waals surface area contributed by atoms with E-state index in [9.17, 15) is 29.0 Å². The number of carbonyl (C=O) groups is 2. The average molecular weight is 595 g/mol. The van der Waals surface area contributed by atoms with Crippen molar-refractivity contribution in [3.05, 3.63) is 0 Å². The van der Waals surface area contributed by atoms with Crippen LogP contribution in [0.1, 0.15) is 72.6 Å². The first-order valence-electron chi connectivity index (χ1n) is 12.5. The predicted molar refractivity (Wildman–Crippen MR) is 115 cm³/mol. The average Bonchev–Trinajstić information content (AvgIpc) is 3.14. The summed E-state index contributed by atoms with van der Waals surface area (Å²) in [4.78, 5) is 48.0. The number of rotatable bonds is 4. The largest absolute Gasteiger partial charge is 1.00 e. The van der Waals surface area contributed by atoms with Gasteiger partial charge >= 0.3 is 103 Å². The van der Waals surface area contributed by atoms with E-state index in [4.69, 9.17) is 9.47 Å². The number of halogens is 1. The van der Waals surface area contributed by atoms with Crippen molar-refractivity contribution in [2.75, 3.05) is 6.61 Å². The summed E-state index contributed by atoms with van der Waals surface area (Å²) in [5.41, 5.74) is -5.61. The van der Waals surface area contributed by atoms with Crippen LogP contribution in [-0.2, 0) is 28.2 Å². The van der Waals surface area contributed by atoms with E-state index >= 15 is 4.39 Å². The molecule has 0 radical (unpaired) electrons. The molecular formula is C24H34FK2O9P. The minimum atomic E-state index is -5.42. The number of fused-ring (bicyclic) bond motifs is 7. The Morgan fingerprint density at radius 2 is 1.81 bits per heavy atom. The SMILES string of the molecule is CC1(C)O[C@@H]2C[C@H]3[C@@H]4CC[C@H]5CC(=O)CC[C@]5(C)[C@@]4(F)[C@@H](O)C[C@]3(C)[C@]2(C(=O)COP(=O)([O-])[O-])O1.[K+].[K+]. The van der Waals surface area contributed by atoms with Gasteiger partial charge in [0.15, 0.2) is 17.2 Å². The van der Waals surface area contributed by atoms with Crippen LogP contribution < -0.4 is 113 Å². The third-order valence-electron chi connectivity index (χ3n) is 10.3. The van der Waals surface area contributed by atoms with Gasteiger partial charge in [0.05, 0.1) is 20.0 Å². The topological polar surface area (TPSA) is 145 Å². The van der Waals surface area contributed by atoms with Gasteiger partial charge in [-0.2, -0.15) is 0 Å². The zero-order chi connectivity index (χ0) is 25.8. The summed E-state index contributed by atoms with van der Waals surface area (Å²) < 4.78 is 45.2. The smallest absolute Gasteiger partial charge is 0.790 e. The van der Waals surface area contributed by atoms with E-state index in [1.54, 1.807) is 20.8 Å². The normalized spacial score (nSPS) is 48.0. The number of Topliss-reactive ketones (excluding diaryl/α,β-unsaturated/α-hetero) is 2. The quantitative estimate of drug-likeness (QED) is 0.252. The van der Waals surface area contributed by atoms with Crippen LogP contribution in [0.4, 0.5) is 4.39 Å². The van der Waals surface area contributed by atoms with Crippen LogP contribution in [0.3, 0.4) is 0 Å². The first kappa shape index (κ1) is 34.0. The minimum Gasteiger partial charge on any atom is -0.790 e. The predicted octanol–water partition coefficient (Wildman–Crippen LogP) is -4.42. The molecule has 0 unspecified atom stereocenters. The molecule has 4 saturated carbocycles. The first-order valence-corrected chi connectivity index (χ1v) is 13.9. The third kappa shape index (κ3) is 4.99. The number of aliphatic hydroxyl groups excluding tert-OH is 1. The number of hydrogen-bond acceptors (Lipinski definition) is 9. The van der Waals surface area contributed by atoms with Crippen LogP contribution in [-0.4, -0.2) is 52.5 Å². The number of ether oxygens (including phenoxy) is 2. The Hall–Kier alpha value is 2.53. The molecule has 37 heavy (non-hydrogen) atoms. The molecule has 4 aliphatic carbocycles. The molecule has 5 rings (SSSR count). The molecule has 1 heterocycles. The molecule has 1 saturated heterocycles. The fraction of sp³-hybridized carbons (Fsp3) is 0.917. The Kier molecular flexibility index (Phi) is 10.0. The molecule has 0 bridgehead atoms. The summed E-state index contributed by atoms with van der Waals surface area (Å²) in [6.45, 7) is 5.88. The van der Waals surface area contributed by atoms with E-state index < -0.39 is 72.1 Å². The van der Waals surface area contributed by atoms with Crippen molar-refractivity contribution in [1.29, 1.82) is 0 Å². The number of carbonyl (C=O) groups excluding carboxylic acids is 2. The van der Waals surface area contributed by atoms with Crippen LogP contribution in [0.25, 0.3) is 0 Å². The number of alkyl halides is 1. The van der Waals surface area contributed by atoms with Gasteiger partial charge in [-0.15, -0.1) is 0 Å². The monoisotopic (exact) mass is 594 g/mol. The van der Waals surface area contributed by atoms with E-state index in [2.05, 4.69) is 4.52 Å². The fourth-order valence-electron chi connectivity index (χ4n) is 8.90. The van der Waals surface area contributed by atoms with Crippen LogP contribution in [0.2, 0.25) is 0 Å². The van der Waals surface area contributed by atoms with E-state index in [1.807, 2.05) is 6.92 Å². The zero-order valence-corrected chi connectivity index (χ0v) is 29.7. The molecule has 13 heteroatoms. The van der Waals surface area contributed by atoms with Gasteiger partial charge in [-0.05, 0) is 63.7 Å². The van der Waals surface area contributed by atoms with Gasteiger partial charge in [0, 0.05) is 23.7 Å². The van der Waals surface area contributed by atoms with Gasteiger partial charge in [0.1, 0.15) is 18.1 Å². The molecule has 0 spiro atoms. The Bertz CT molecular complexity index is 1010. The fourth-order valence-corrected chi connectivity index (χ4v) is 9.17. The molecule has 9 nitrogen and oxygen atoms in total. The molecule has 0 aromatic rings. The number of ketones is 2. The van der Waals surface area contributed by atoms with Crippen LogP contribution in [0.15, 0.2) is 0 Å². The molecule has 0 aromatic heterocycles. The summed E-state index contributed by atoms with van der Waals surface area (Å²) in [5, 5.41) is 11.5. The van der Waals surface area contributed by atoms with Gasteiger partial charge in [-0.25, -0.2) is 4.39 Å². The summed E-state index contributed by atoms with van der Waals surface area (Å²) in [7, 11) is -5.42. The second-order valence-corrected chi connectivity index (χ2v) is 13.4. The van der Waals surface area contributed by atoms with Crippen LogP contribution in [0, 0.1) is 28.6 Å². The van der Waals surface area contributed by atoms with E-state index in [0.29, 0.717) is 32.1 Å². The summed E-state index contributed by atoms with van der Waals surface area (Å²) >= 11 is 0. The maximum Gasteiger partial charge on any atom is 1.00 e.